The Hall–Kier alpha value is -2.63. The summed E-state index contributed by atoms with van der Waals surface area (Å²) in [6.07, 6.45) is 5.17. The number of amides is 2. The number of hydrogen-bond donors (Lipinski definition) is 1. The third-order valence-electron chi connectivity index (χ3n) is 5.13. The lowest BCUT2D eigenvalue weighted by Crippen LogP contribution is -2.44. The van der Waals surface area contributed by atoms with Crippen molar-refractivity contribution >= 4 is 11.8 Å². The van der Waals surface area contributed by atoms with E-state index < -0.39 is 0 Å². The molecular formula is C21H28N4O2. The van der Waals surface area contributed by atoms with Crippen LogP contribution in [0.3, 0.4) is 0 Å². The fraction of sp³-hybridized carbons (Fsp3) is 0.476. The minimum atomic E-state index is -0.0144. The molecule has 2 amide bonds. The molecule has 1 N–H and O–H groups in total. The van der Waals surface area contributed by atoms with E-state index in [0.29, 0.717) is 26.2 Å². The van der Waals surface area contributed by atoms with E-state index >= 15 is 0 Å². The Kier molecular flexibility index (Phi) is 6.27. The predicted octanol–water partition coefficient (Wildman–Crippen LogP) is 2.44. The zero-order valence-corrected chi connectivity index (χ0v) is 16.1. The number of rotatable bonds is 6. The van der Waals surface area contributed by atoms with Crippen molar-refractivity contribution in [2.24, 2.45) is 11.8 Å². The van der Waals surface area contributed by atoms with E-state index in [0.717, 1.165) is 24.0 Å². The minimum Gasteiger partial charge on any atom is -0.352 e. The number of benzene rings is 1. The molecule has 0 atom stereocenters. The molecule has 0 saturated carbocycles. The molecule has 1 aliphatic rings. The first kappa shape index (κ1) is 19.1. The van der Waals surface area contributed by atoms with Gasteiger partial charge in [0.15, 0.2) is 0 Å². The topological polar surface area (TPSA) is 67.2 Å². The van der Waals surface area contributed by atoms with Crippen molar-refractivity contribution < 1.29 is 9.59 Å². The molecule has 0 bridgehead atoms. The van der Waals surface area contributed by atoms with Gasteiger partial charge in [0.2, 0.25) is 11.8 Å². The Labute approximate surface area is 160 Å². The standard InChI is InChI=1S/C21H28N4O2/c1-16(2)21(27)24-12-8-17(9-13-24)20(26)22-14-18-6-3-4-7-19(18)15-25-11-5-10-23-25/h3-7,10-11,16-17H,8-9,12-15H2,1-2H3,(H,22,26). The van der Waals surface area contributed by atoms with Crippen LogP contribution >= 0.6 is 0 Å². The summed E-state index contributed by atoms with van der Waals surface area (Å²) in [4.78, 5) is 26.5. The molecular weight excluding hydrogens is 340 g/mol. The lowest BCUT2D eigenvalue weighted by molar-refractivity contribution is -0.138. The van der Waals surface area contributed by atoms with Crippen molar-refractivity contribution in [3.63, 3.8) is 0 Å². The highest BCUT2D eigenvalue weighted by Crippen LogP contribution is 2.19. The van der Waals surface area contributed by atoms with Gasteiger partial charge in [0, 0.05) is 43.9 Å². The van der Waals surface area contributed by atoms with E-state index in [-0.39, 0.29) is 23.7 Å². The Morgan fingerprint density at radius 1 is 1.15 bits per heavy atom. The monoisotopic (exact) mass is 368 g/mol. The van der Waals surface area contributed by atoms with Crippen molar-refractivity contribution in [2.75, 3.05) is 13.1 Å². The highest BCUT2D eigenvalue weighted by Gasteiger charge is 2.28. The number of nitrogens with one attached hydrogen (secondary N) is 1. The van der Waals surface area contributed by atoms with E-state index in [1.165, 1.54) is 0 Å². The number of hydrogen-bond acceptors (Lipinski definition) is 3. The molecule has 0 aliphatic carbocycles. The zero-order chi connectivity index (χ0) is 19.2. The number of carbonyl (C=O) groups is 2. The fourth-order valence-electron chi connectivity index (χ4n) is 3.51. The number of carbonyl (C=O) groups excluding carboxylic acids is 2. The van der Waals surface area contributed by atoms with Crippen LogP contribution in [0, 0.1) is 11.8 Å². The molecule has 6 nitrogen and oxygen atoms in total. The highest BCUT2D eigenvalue weighted by atomic mass is 16.2. The average molecular weight is 368 g/mol. The van der Waals surface area contributed by atoms with Gasteiger partial charge < -0.3 is 10.2 Å². The van der Waals surface area contributed by atoms with Crippen LogP contribution in [0.2, 0.25) is 0 Å². The smallest absolute Gasteiger partial charge is 0.225 e. The molecule has 1 aliphatic heterocycles. The van der Waals surface area contributed by atoms with Gasteiger partial charge in [-0.3, -0.25) is 14.3 Å². The van der Waals surface area contributed by atoms with Gasteiger partial charge in [0.05, 0.1) is 6.54 Å². The number of piperidine rings is 1. The van der Waals surface area contributed by atoms with Gasteiger partial charge in [-0.15, -0.1) is 0 Å². The van der Waals surface area contributed by atoms with Crippen LogP contribution in [0.25, 0.3) is 0 Å². The Morgan fingerprint density at radius 3 is 2.48 bits per heavy atom. The predicted molar refractivity (Wildman–Crippen MR) is 104 cm³/mol. The van der Waals surface area contributed by atoms with Gasteiger partial charge in [-0.05, 0) is 30.0 Å². The first-order valence-corrected chi connectivity index (χ1v) is 9.65. The molecule has 0 unspecified atom stereocenters. The molecule has 1 aromatic carbocycles. The summed E-state index contributed by atoms with van der Waals surface area (Å²) in [6.45, 7) is 6.38. The van der Waals surface area contributed by atoms with E-state index in [4.69, 9.17) is 0 Å². The normalized spacial score (nSPS) is 15.1. The summed E-state index contributed by atoms with van der Waals surface area (Å²) in [5, 5.41) is 7.34. The molecule has 2 aromatic rings. The van der Waals surface area contributed by atoms with Crippen molar-refractivity contribution in [3.05, 3.63) is 53.9 Å². The van der Waals surface area contributed by atoms with E-state index in [1.807, 2.05) is 53.9 Å². The highest BCUT2D eigenvalue weighted by molar-refractivity contribution is 5.80. The quantitative estimate of drug-likeness (QED) is 0.852. The van der Waals surface area contributed by atoms with Crippen LogP contribution in [-0.4, -0.2) is 39.6 Å². The molecule has 3 rings (SSSR count). The molecule has 144 valence electrons. The van der Waals surface area contributed by atoms with Gasteiger partial charge in [-0.2, -0.15) is 5.10 Å². The first-order chi connectivity index (χ1) is 13.0. The van der Waals surface area contributed by atoms with Crippen LogP contribution in [0.1, 0.15) is 37.8 Å². The summed E-state index contributed by atoms with van der Waals surface area (Å²) >= 11 is 0. The van der Waals surface area contributed by atoms with Crippen molar-refractivity contribution in [1.29, 1.82) is 0 Å². The molecule has 6 heteroatoms. The lowest BCUT2D eigenvalue weighted by atomic mass is 9.95. The number of aromatic nitrogens is 2. The van der Waals surface area contributed by atoms with Crippen molar-refractivity contribution in [2.45, 2.75) is 39.8 Å². The summed E-state index contributed by atoms with van der Waals surface area (Å²) in [6, 6.07) is 10.0. The minimum absolute atomic E-state index is 0.0144. The second-order valence-corrected chi connectivity index (χ2v) is 7.44. The maximum Gasteiger partial charge on any atom is 0.225 e. The second kappa shape index (κ2) is 8.84. The molecule has 1 aromatic heterocycles. The lowest BCUT2D eigenvalue weighted by Gasteiger charge is -2.32. The average Bonchev–Trinajstić information content (AvgIpc) is 3.19. The van der Waals surface area contributed by atoms with E-state index in [9.17, 15) is 9.59 Å². The molecule has 1 saturated heterocycles. The Morgan fingerprint density at radius 2 is 1.85 bits per heavy atom. The van der Waals surface area contributed by atoms with Gasteiger partial charge >= 0.3 is 0 Å². The fourth-order valence-corrected chi connectivity index (χ4v) is 3.51. The zero-order valence-electron chi connectivity index (χ0n) is 16.1. The summed E-state index contributed by atoms with van der Waals surface area (Å²) in [5.74, 6) is 0.267. The summed E-state index contributed by atoms with van der Waals surface area (Å²) < 4.78 is 1.88. The van der Waals surface area contributed by atoms with Crippen LogP contribution in [0.5, 0.6) is 0 Å². The van der Waals surface area contributed by atoms with E-state index in [2.05, 4.69) is 16.5 Å². The summed E-state index contributed by atoms with van der Waals surface area (Å²) in [7, 11) is 0. The first-order valence-electron chi connectivity index (χ1n) is 9.65. The van der Waals surface area contributed by atoms with Gasteiger partial charge in [-0.25, -0.2) is 0 Å². The second-order valence-electron chi connectivity index (χ2n) is 7.44. The Bertz CT molecular complexity index is 762. The van der Waals surface area contributed by atoms with Crippen molar-refractivity contribution in [3.8, 4) is 0 Å². The third kappa shape index (κ3) is 4.96. The molecule has 1 fully saturated rings. The molecule has 0 spiro atoms. The molecule has 2 heterocycles. The Balaban J connectivity index is 1.52. The van der Waals surface area contributed by atoms with Crippen LogP contribution < -0.4 is 5.32 Å². The largest absolute Gasteiger partial charge is 0.352 e. The van der Waals surface area contributed by atoms with Crippen LogP contribution in [0.4, 0.5) is 0 Å². The van der Waals surface area contributed by atoms with Gasteiger partial charge in [0.1, 0.15) is 0 Å². The third-order valence-corrected chi connectivity index (χ3v) is 5.13. The van der Waals surface area contributed by atoms with Gasteiger partial charge in [0.25, 0.3) is 0 Å². The van der Waals surface area contributed by atoms with Gasteiger partial charge in [-0.1, -0.05) is 38.1 Å². The maximum atomic E-state index is 12.6. The van der Waals surface area contributed by atoms with E-state index in [1.54, 1.807) is 6.20 Å². The summed E-state index contributed by atoms with van der Waals surface area (Å²) in [5.41, 5.74) is 2.26. The number of likely N-dealkylation sites (tertiary alicyclic amines) is 1. The SMILES string of the molecule is CC(C)C(=O)N1CCC(C(=O)NCc2ccccc2Cn2cccn2)CC1. The van der Waals surface area contributed by atoms with Crippen molar-refractivity contribution in [1.82, 2.24) is 20.0 Å². The number of nitrogens with zero attached hydrogens (tertiary/aromatic N) is 3. The molecule has 27 heavy (non-hydrogen) atoms. The van der Waals surface area contributed by atoms with Crippen LogP contribution in [0.15, 0.2) is 42.7 Å². The van der Waals surface area contributed by atoms with Crippen LogP contribution in [-0.2, 0) is 22.7 Å². The maximum absolute atomic E-state index is 12.6. The molecule has 0 radical (unpaired) electrons.